The van der Waals surface area contributed by atoms with Crippen molar-refractivity contribution in [2.45, 2.75) is 92.0 Å². The molecule has 2 rings (SSSR count). The largest absolute Gasteiger partial charge is 0.395 e. The van der Waals surface area contributed by atoms with E-state index < -0.39 is 0 Å². The second-order valence-electron chi connectivity index (χ2n) is 11.1. The quantitative estimate of drug-likeness (QED) is 0.234. The molecule has 0 bridgehead atoms. The lowest BCUT2D eigenvalue weighted by atomic mass is 9.95. The van der Waals surface area contributed by atoms with Crippen LogP contribution in [-0.2, 0) is 13.1 Å². The summed E-state index contributed by atoms with van der Waals surface area (Å²) in [4.78, 5) is 2.66. The topological polar surface area (TPSA) is 47.5 Å². The van der Waals surface area contributed by atoms with Crippen LogP contribution in [0.15, 0.2) is 60.7 Å². The van der Waals surface area contributed by atoms with E-state index in [1.165, 1.54) is 11.1 Å². The molecule has 0 aliphatic carbocycles. The van der Waals surface area contributed by atoms with Crippen molar-refractivity contribution in [3.8, 4) is 0 Å². The highest BCUT2D eigenvalue weighted by Crippen LogP contribution is 2.19. The van der Waals surface area contributed by atoms with Gasteiger partial charge in [0, 0.05) is 44.3 Å². The van der Waals surface area contributed by atoms with E-state index in [-0.39, 0.29) is 12.6 Å². The lowest BCUT2D eigenvalue weighted by Crippen LogP contribution is -2.52. The Morgan fingerprint density at radius 2 is 1.17 bits per heavy atom. The first-order valence-electron chi connectivity index (χ1n) is 14.3. The molecule has 0 radical (unpaired) electrons. The molecule has 0 aliphatic heterocycles. The average Bonchev–Trinajstić information content (AvgIpc) is 2.89. The van der Waals surface area contributed by atoms with Crippen molar-refractivity contribution in [1.29, 1.82) is 0 Å². The molecule has 2 aromatic carbocycles. The maximum absolute atomic E-state index is 9.92. The molecule has 2 aromatic rings. The Balaban J connectivity index is 2.19. The maximum atomic E-state index is 9.92. The summed E-state index contributed by atoms with van der Waals surface area (Å²) in [5.41, 5.74) is 2.73. The van der Waals surface area contributed by atoms with E-state index in [1.54, 1.807) is 0 Å². The summed E-state index contributed by atoms with van der Waals surface area (Å²) in [5, 5.41) is 17.6. The van der Waals surface area contributed by atoms with Crippen molar-refractivity contribution in [2.75, 3.05) is 19.7 Å². The molecule has 0 aliphatic rings. The van der Waals surface area contributed by atoms with Crippen molar-refractivity contribution >= 4 is 0 Å². The van der Waals surface area contributed by atoms with Gasteiger partial charge in [0.1, 0.15) is 0 Å². The highest BCUT2D eigenvalue weighted by molar-refractivity contribution is 5.17. The molecule has 0 saturated carbocycles. The van der Waals surface area contributed by atoms with Crippen LogP contribution in [0, 0.1) is 17.8 Å². The first kappa shape index (κ1) is 30.5. The first-order chi connectivity index (χ1) is 17.4. The van der Waals surface area contributed by atoms with E-state index in [9.17, 15) is 5.11 Å². The number of nitrogens with one attached hydrogen (secondary N) is 2. The molecule has 0 amide bonds. The predicted molar refractivity (Wildman–Crippen MR) is 155 cm³/mol. The van der Waals surface area contributed by atoms with Gasteiger partial charge < -0.3 is 15.7 Å². The van der Waals surface area contributed by atoms with Gasteiger partial charge in [-0.1, -0.05) is 115 Å². The van der Waals surface area contributed by atoms with E-state index in [1.807, 2.05) is 0 Å². The number of aliphatic hydroxyl groups is 1. The van der Waals surface area contributed by atoms with Crippen molar-refractivity contribution in [3.63, 3.8) is 0 Å². The predicted octanol–water partition coefficient (Wildman–Crippen LogP) is 6.10. The SMILES string of the molecule is CCC(C)C(CO)NCC(NCC(CC(C)C)N(Cc1ccccc1)Cc1ccccc1)C(C)CC. The zero-order chi connectivity index (χ0) is 26.3. The smallest absolute Gasteiger partial charge is 0.0587 e. The highest BCUT2D eigenvalue weighted by Gasteiger charge is 2.24. The molecule has 0 spiro atoms. The van der Waals surface area contributed by atoms with Gasteiger partial charge in [0.25, 0.3) is 0 Å². The molecule has 5 unspecified atom stereocenters. The molecule has 0 aromatic heterocycles. The summed E-state index contributed by atoms with van der Waals surface area (Å²) in [6.45, 7) is 17.7. The average molecular weight is 496 g/mol. The molecule has 36 heavy (non-hydrogen) atoms. The fourth-order valence-electron chi connectivity index (χ4n) is 4.91. The fraction of sp³-hybridized carbons (Fsp3) is 0.625. The minimum Gasteiger partial charge on any atom is -0.395 e. The van der Waals surface area contributed by atoms with Gasteiger partial charge in [0.15, 0.2) is 0 Å². The van der Waals surface area contributed by atoms with Gasteiger partial charge in [-0.25, -0.2) is 0 Å². The van der Waals surface area contributed by atoms with E-state index in [4.69, 9.17) is 0 Å². The zero-order valence-electron chi connectivity index (χ0n) is 23.8. The maximum Gasteiger partial charge on any atom is 0.0587 e. The number of aliphatic hydroxyl groups excluding tert-OH is 1. The second kappa shape index (κ2) is 16.9. The van der Waals surface area contributed by atoms with Crippen LogP contribution < -0.4 is 10.6 Å². The number of rotatable bonds is 18. The van der Waals surface area contributed by atoms with Crippen LogP contribution in [-0.4, -0.2) is 47.8 Å². The molecule has 5 atom stereocenters. The molecule has 3 N–H and O–H groups in total. The fourth-order valence-corrected chi connectivity index (χ4v) is 4.91. The van der Waals surface area contributed by atoms with Gasteiger partial charge in [0.2, 0.25) is 0 Å². The van der Waals surface area contributed by atoms with Crippen LogP contribution in [0.25, 0.3) is 0 Å². The van der Waals surface area contributed by atoms with Crippen LogP contribution in [0.5, 0.6) is 0 Å². The Morgan fingerprint density at radius 3 is 1.61 bits per heavy atom. The minimum atomic E-state index is 0.155. The molecular weight excluding hydrogens is 442 g/mol. The summed E-state index contributed by atoms with van der Waals surface area (Å²) in [5.74, 6) is 1.65. The molecule has 0 heterocycles. The summed E-state index contributed by atoms with van der Waals surface area (Å²) in [6.07, 6.45) is 3.36. The summed E-state index contributed by atoms with van der Waals surface area (Å²) >= 11 is 0. The monoisotopic (exact) mass is 495 g/mol. The molecule has 0 fully saturated rings. The number of hydrogen-bond acceptors (Lipinski definition) is 4. The third kappa shape index (κ3) is 10.7. The van der Waals surface area contributed by atoms with E-state index >= 15 is 0 Å². The van der Waals surface area contributed by atoms with Crippen molar-refractivity contribution in [3.05, 3.63) is 71.8 Å². The standard InChI is InChI=1S/C32H53N3O/c1-7-26(5)31(21-34-32(24-36)27(6)8-2)33-20-30(19-25(3)4)35(22-28-15-11-9-12-16-28)23-29-17-13-10-14-18-29/h9-18,25-27,30-34,36H,7-8,19-24H2,1-6H3. The van der Waals surface area contributed by atoms with Crippen molar-refractivity contribution in [1.82, 2.24) is 15.5 Å². The molecular formula is C32H53N3O. The van der Waals surface area contributed by atoms with Crippen LogP contribution in [0.4, 0.5) is 0 Å². The lowest BCUT2D eigenvalue weighted by molar-refractivity contribution is 0.143. The highest BCUT2D eigenvalue weighted by atomic mass is 16.3. The number of hydrogen-bond donors (Lipinski definition) is 3. The third-order valence-electron chi connectivity index (χ3n) is 7.79. The van der Waals surface area contributed by atoms with Gasteiger partial charge >= 0.3 is 0 Å². The van der Waals surface area contributed by atoms with Gasteiger partial charge in [0.05, 0.1) is 6.61 Å². The normalized spacial score (nSPS) is 16.1. The number of benzene rings is 2. The summed E-state index contributed by atoms with van der Waals surface area (Å²) in [6, 6.07) is 22.7. The van der Waals surface area contributed by atoms with Crippen molar-refractivity contribution < 1.29 is 5.11 Å². The Bertz CT molecular complexity index is 756. The summed E-state index contributed by atoms with van der Waals surface area (Å²) in [7, 11) is 0. The minimum absolute atomic E-state index is 0.155. The summed E-state index contributed by atoms with van der Waals surface area (Å²) < 4.78 is 0. The van der Waals surface area contributed by atoms with E-state index in [0.717, 1.165) is 45.4 Å². The molecule has 4 heteroatoms. The third-order valence-corrected chi connectivity index (χ3v) is 7.79. The molecule has 0 saturated heterocycles. The van der Waals surface area contributed by atoms with Crippen LogP contribution in [0.1, 0.15) is 71.9 Å². The van der Waals surface area contributed by atoms with Gasteiger partial charge in [-0.05, 0) is 35.3 Å². The van der Waals surface area contributed by atoms with E-state index in [0.29, 0.717) is 29.8 Å². The first-order valence-corrected chi connectivity index (χ1v) is 14.3. The van der Waals surface area contributed by atoms with Gasteiger partial charge in [-0.15, -0.1) is 0 Å². The van der Waals surface area contributed by atoms with Crippen LogP contribution in [0.3, 0.4) is 0 Å². The van der Waals surface area contributed by atoms with E-state index in [2.05, 4.69) is 118 Å². The Hall–Kier alpha value is -1.72. The van der Waals surface area contributed by atoms with Crippen LogP contribution in [0.2, 0.25) is 0 Å². The van der Waals surface area contributed by atoms with Gasteiger partial charge in [-0.3, -0.25) is 4.90 Å². The van der Waals surface area contributed by atoms with Gasteiger partial charge in [-0.2, -0.15) is 0 Å². The molecule has 202 valence electrons. The number of nitrogens with zero attached hydrogens (tertiary/aromatic N) is 1. The Morgan fingerprint density at radius 1 is 0.694 bits per heavy atom. The lowest BCUT2D eigenvalue weighted by Gasteiger charge is -2.36. The Labute approximate surface area is 221 Å². The molecule has 4 nitrogen and oxygen atoms in total. The van der Waals surface area contributed by atoms with Crippen LogP contribution >= 0.6 is 0 Å². The Kier molecular flexibility index (Phi) is 14.3. The second-order valence-corrected chi connectivity index (χ2v) is 11.1. The zero-order valence-corrected chi connectivity index (χ0v) is 23.8. The van der Waals surface area contributed by atoms with Crippen molar-refractivity contribution in [2.24, 2.45) is 17.8 Å².